The number of carbonyl (C=O) groups excluding carboxylic acids is 1. The maximum atomic E-state index is 12.2. The van der Waals surface area contributed by atoms with Gasteiger partial charge in [-0.25, -0.2) is 0 Å². The Morgan fingerprint density at radius 3 is 2.04 bits per heavy atom. The molecule has 0 bridgehead atoms. The van der Waals surface area contributed by atoms with Crippen LogP contribution in [0.5, 0.6) is 5.75 Å². The van der Waals surface area contributed by atoms with Crippen LogP contribution in [0, 0.1) is 13.8 Å². The third-order valence-electron chi connectivity index (χ3n) is 3.22. The summed E-state index contributed by atoms with van der Waals surface area (Å²) in [6.45, 7) is 5.45. The normalized spacial score (nSPS) is 11.9. The topological polar surface area (TPSA) is 38.3 Å². The molecule has 1 atom stereocenters. The zero-order valence-corrected chi connectivity index (χ0v) is 15.2. The van der Waals surface area contributed by atoms with Gasteiger partial charge in [0, 0.05) is 20.8 Å². The van der Waals surface area contributed by atoms with Crippen molar-refractivity contribution in [3.05, 3.63) is 56.5 Å². The van der Waals surface area contributed by atoms with Gasteiger partial charge in [0.25, 0.3) is 5.91 Å². The number of rotatable bonds is 4. The fourth-order valence-electron chi connectivity index (χ4n) is 2.10. The third kappa shape index (κ3) is 4.77. The average Bonchev–Trinajstić information content (AvgIpc) is 2.43. The van der Waals surface area contributed by atoms with E-state index in [0.717, 1.165) is 11.1 Å². The van der Waals surface area contributed by atoms with Gasteiger partial charge in [-0.05, 0) is 62.2 Å². The fraction of sp³-hybridized carbons (Fsp3) is 0.235. The maximum Gasteiger partial charge on any atom is 0.265 e. The maximum absolute atomic E-state index is 12.2. The van der Waals surface area contributed by atoms with E-state index < -0.39 is 6.10 Å². The van der Waals surface area contributed by atoms with Gasteiger partial charge in [-0.15, -0.1) is 0 Å². The van der Waals surface area contributed by atoms with E-state index in [4.69, 9.17) is 39.5 Å². The molecule has 6 heteroatoms. The standard InChI is InChI=1S/C17H16Cl3NO2/c1-9-4-15(5-10(2)16(9)20)23-11(3)17(22)21-14-7-12(18)6-13(19)8-14/h4-8,11H,1-3H3,(H,21,22)/t11-/m1/s1. The van der Waals surface area contributed by atoms with Crippen molar-refractivity contribution in [1.82, 2.24) is 0 Å². The van der Waals surface area contributed by atoms with E-state index in [1.165, 1.54) is 0 Å². The summed E-state index contributed by atoms with van der Waals surface area (Å²) in [5, 5.41) is 4.32. The molecule has 23 heavy (non-hydrogen) atoms. The highest BCUT2D eigenvalue weighted by Gasteiger charge is 2.16. The zero-order valence-electron chi connectivity index (χ0n) is 12.9. The Morgan fingerprint density at radius 1 is 1.00 bits per heavy atom. The molecule has 2 aromatic carbocycles. The summed E-state index contributed by atoms with van der Waals surface area (Å²) in [5.41, 5.74) is 2.32. The SMILES string of the molecule is Cc1cc(O[C@H](C)C(=O)Nc2cc(Cl)cc(Cl)c2)cc(C)c1Cl. The van der Waals surface area contributed by atoms with Gasteiger partial charge in [0.2, 0.25) is 0 Å². The molecule has 0 radical (unpaired) electrons. The van der Waals surface area contributed by atoms with E-state index in [2.05, 4.69) is 5.32 Å². The lowest BCUT2D eigenvalue weighted by Crippen LogP contribution is -2.30. The number of hydrogen-bond acceptors (Lipinski definition) is 2. The molecule has 0 aliphatic heterocycles. The predicted molar refractivity (Wildman–Crippen MR) is 96.1 cm³/mol. The van der Waals surface area contributed by atoms with Crippen molar-refractivity contribution < 1.29 is 9.53 Å². The van der Waals surface area contributed by atoms with E-state index in [9.17, 15) is 4.79 Å². The van der Waals surface area contributed by atoms with Crippen LogP contribution in [-0.4, -0.2) is 12.0 Å². The second-order valence-electron chi connectivity index (χ2n) is 5.28. The van der Waals surface area contributed by atoms with Crippen LogP contribution in [0.4, 0.5) is 5.69 Å². The molecule has 2 rings (SSSR count). The molecule has 0 aliphatic carbocycles. The van der Waals surface area contributed by atoms with Gasteiger partial charge < -0.3 is 10.1 Å². The predicted octanol–water partition coefficient (Wildman–Crippen LogP) is 5.67. The first-order valence-electron chi connectivity index (χ1n) is 6.96. The lowest BCUT2D eigenvalue weighted by atomic mass is 10.1. The summed E-state index contributed by atoms with van der Waals surface area (Å²) in [5.74, 6) is 0.296. The number of hydrogen-bond donors (Lipinski definition) is 1. The highest BCUT2D eigenvalue weighted by atomic mass is 35.5. The Hall–Kier alpha value is -1.42. The highest BCUT2D eigenvalue weighted by Crippen LogP contribution is 2.27. The smallest absolute Gasteiger partial charge is 0.265 e. The minimum absolute atomic E-state index is 0.298. The molecule has 0 spiro atoms. The molecule has 0 heterocycles. The van der Waals surface area contributed by atoms with Crippen LogP contribution in [0.25, 0.3) is 0 Å². The zero-order chi connectivity index (χ0) is 17.1. The summed E-state index contributed by atoms with van der Waals surface area (Å²) in [6, 6.07) is 8.44. The number of benzene rings is 2. The van der Waals surface area contributed by atoms with Gasteiger partial charge in [0.1, 0.15) is 5.75 Å². The minimum Gasteiger partial charge on any atom is -0.481 e. The van der Waals surface area contributed by atoms with Crippen LogP contribution in [0.3, 0.4) is 0 Å². The monoisotopic (exact) mass is 371 g/mol. The number of ether oxygens (including phenoxy) is 1. The lowest BCUT2D eigenvalue weighted by molar-refractivity contribution is -0.122. The molecular weight excluding hydrogens is 357 g/mol. The first kappa shape index (κ1) is 17.9. The highest BCUT2D eigenvalue weighted by molar-refractivity contribution is 6.35. The van der Waals surface area contributed by atoms with Crippen molar-refractivity contribution in [2.24, 2.45) is 0 Å². The molecule has 0 saturated heterocycles. The molecule has 1 N–H and O–H groups in total. The number of carbonyl (C=O) groups is 1. The molecule has 0 fully saturated rings. The molecule has 122 valence electrons. The van der Waals surface area contributed by atoms with Crippen LogP contribution in [0.15, 0.2) is 30.3 Å². The van der Waals surface area contributed by atoms with E-state index >= 15 is 0 Å². The van der Waals surface area contributed by atoms with Gasteiger partial charge in [-0.3, -0.25) is 4.79 Å². The van der Waals surface area contributed by atoms with Crippen molar-refractivity contribution in [2.45, 2.75) is 26.9 Å². The van der Waals surface area contributed by atoms with E-state index in [-0.39, 0.29) is 5.91 Å². The largest absolute Gasteiger partial charge is 0.481 e. The Labute approximate surface area is 150 Å². The summed E-state index contributed by atoms with van der Waals surface area (Å²) < 4.78 is 5.69. The quantitative estimate of drug-likeness (QED) is 0.751. The van der Waals surface area contributed by atoms with Gasteiger partial charge in [-0.2, -0.15) is 0 Å². The van der Waals surface area contributed by atoms with Crippen molar-refractivity contribution in [2.75, 3.05) is 5.32 Å². The van der Waals surface area contributed by atoms with Gasteiger partial charge in [0.15, 0.2) is 6.10 Å². The van der Waals surface area contributed by atoms with E-state index in [1.807, 2.05) is 13.8 Å². The Kier molecular flexibility index (Phi) is 5.79. The van der Waals surface area contributed by atoms with Gasteiger partial charge in [0.05, 0.1) is 0 Å². The van der Waals surface area contributed by atoms with Crippen molar-refractivity contribution >= 4 is 46.4 Å². The number of amides is 1. The molecule has 3 nitrogen and oxygen atoms in total. The van der Waals surface area contributed by atoms with Crippen LogP contribution in [-0.2, 0) is 4.79 Å². The second kappa shape index (κ2) is 7.43. The van der Waals surface area contributed by atoms with Crippen molar-refractivity contribution in [1.29, 1.82) is 0 Å². The molecule has 0 aliphatic rings. The third-order valence-corrected chi connectivity index (χ3v) is 4.25. The number of halogens is 3. The van der Waals surface area contributed by atoms with Crippen molar-refractivity contribution in [3.63, 3.8) is 0 Å². The van der Waals surface area contributed by atoms with E-state index in [1.54, 1.807) is 37.3 Å². The second-order valence-corrected chi connectivity index (χ2v) is 6.53. The van der Waals surface area contributed by atoms with Crippen LogP contribution < -0.4 is 10.1 Å². The minimum atomic E-state index is -0.687. The Morgan fingerprint density at radius 2 is 1.52 bits per heavy atom. The molecule has 0 unspecified atom stereocenters. The van der Waals surface area contributed by atoms with Crippen LogP contribution >= 0.6 is 34.8 Å². The van der Waals surface area contributed by atoms with Crippen molar-refractivity contribution in [3.8, 4) is 5.75 Å². The Bertz CT molecular complexity index is 703. The molecule has 0 saturated carbocycles. The summed E-state index contributed by atoms with van der Waals surface area (Å²) in [6.07, 6.45) is -0.687. The van der Waals surface area contributed by atoms with Crippen LogP contribution in [0.2, 0.25) is 15.1 Å². The first-order valence-corrected chi connectivity index (χ1v) is 8.10. The summed E-state index contributed by atoms with van der Waals surface area (Å²) >= 11 is 18.0. The average molecular weight is 373 g/mol. The van der Waals surface area contributed by atoms with Gasteiger partial charge >= 0.3 is 0 Å². The number of anilines is 1. The Balaban J connectivity index is 2.08. The molecule has 1 amide bonds. The van der Waals surface area contributed by atoms with E-state index in [0.29, 0.717) is 26.5 Å². The summed E-state index contributed by atoms with van der Waals surface area (Å²) in [4.78, 5) is 12.2. The fourth-order valence-corrected chi connectivity index (χ4v) is 2.74. The van der Waals surface area contributed by atoms with Gasteiger partial charge in [-0.1, -0.05) is 34.8 Å². The first-order chi connectivity index (χ1) is 10.8. The lowest BCUT2D eigenvalue weighted by Gasteiger charge is -2.16. The molecule has 2 aromatic rings. The number of nitrogens with one attached hydrogen (secondary N) is 1. The molecular formula is C17H16Cl3NO2. The number of aryl methyl sites for hydroxylation is 2. The summed E-state index contributed by atoms with van der Waals surface area (Å²) in [7, 11) is 0. The van der Waals surface area contributed by atoms with Crippen LogP contribution in [0.1, 0.15) is 18.1 Å². The molecule has 0 aromatic heterocycles.